The number of carbonyl (C=O) groups excluding carboxylic acids is 2. The zero-order valence-corrected chi connectivity index (χ0v) is 14.7. The molecule has 0 bridgehead atoms. The Bertz CT molecular complexity index is 848. The number of hydrogen-bond donors (Lipinski definition) is 3. The molecule has 1 aliphatic rings. The van der Waals surface area contributed by atoms with Crippen LogP contribution in [0, 0.1) is 0 Å². The molecule has 0 spiro atoms. The highest BCUT2D eigenvalue weighted by atomic mass is 16.7. The van der Waals surface area contributed by atoms with Gasteiger partial charge in [-0.3, -0.25) is 14.9 Å². The number of para-hydroxylation sites is 1. The number of carbonyl (C=O) groups is 2. The van der Waals surface area contributed by atoms with Crippen molar-refractivity contribution in [1.29, 1.82) is 0 Å². The maximum absolute atomic E-state index is 12.3. The third-order valence-corrected chi connectivity index (χ3v) is 4.25. The summed E-state index contributed by atoms with van der Waals surface area (Å²) in [5.74, 6) is 0.546. The van der Waals surface area contributed by atoms with Crippen LogP contribution in [0.15, 0.2) is 42.5 Å². The van der Waals surface area contributed by atoms with Crippen LogP contribution in [0.2, 0.25) is 0 Å². The molecular weight excluding hydrogens is 334 g/mol. The largest absolute Gasteiger partial charge is 0.454 e. The van der Waals surface area contributed by atoms with Crippen molar-refractivity contribution in [3.63, 3.8) is 0 Å². The van der Waals surface area contributed by atoms with E-state index < -0.39 is 11.4 Å². The Balaban J connectivity index is 1.64. The average Bonchev–Trinajstić information content (AvgIpc) is 3.08. The molecule has 0 saturated carbocycles. The molecule has 7 heteroatoms. The van der Waals surface area contributed by atoms with Gasteiger partial charge in [0.05, 0.1) is 17.8 Å². The monoisotopic (exact) mass is 355 g/mol. The molecule has 0 aliphatic carbocycles. The standard InChI is InChI=1S/C19H21N3O4/c1-19(2,12-7-8-15-16(9-12)26-11-25-15)21-10-17(23)22-14-6-4-3-5-13(14)18(20)24/h3-9,21H,10-11H2,1-2H3,(H2,20,24)(H,22,23). The van der Waals surface area contributed by atoms with Crippen LogP contribution in [0.25, 0.3) is 0 Å². The Labute approximate surface area is 151 Å². The van der Waals surface area contributed by atoms with Gasteiger partial charge in [-0.15, -0.1) is 0 Å². The minimum Gasteiger partial charge on any atom is -0.454 e. The van der Waals surface area contributed by atoms with Crippen molar-refractivity contribution >= 4 is 17.5 Å². The van der Waals surface area contributed by atoms with Crippen LogP contribution in [-0.2, 0) is 10.3 Å². The molecule has 0 unspecified atom stereocenters. The van der Waals surface area contributed by atoms with E-state index in [2.05, 4.69) is 10.6 Å². The number of primary amides is 1. The van der Waals surface area contributed by atoms with E-state index in [0.717, 1.165) is 5.56 Å². The Kier molecular flexibility index (Phi) is 4.81. The van der Waals surface area contributed by atoms with Gasteiger partial charge in [0.15, 0.2) is 11.5 Å². The maximum Gasteiger partial charge on any atom is 0.250 e. The first kappa shape index (κ1) is 17.8. The molecule has 0 aromatic heterocycles. The zero-order chi connectivity index (χ0) is 18.7. The smallest absolute Gasteiger partial charge is 0.250 e. The molecule has 3 rings (SSSR count). The van der Waals surface area contributed by atoms with Crippen molar-refractivity contribution in [1.82, 2.24) is 5.32 Å². The van der Waals surface area contributed by atoms with Gasteiger partial charge < -0.3 is 20.5 Å². The first-order valence-electron chi connectivity index (χ1n) is 8.21. The molecule has 2 aromatic rings. The van der Waals surface area contributed by atoms with Crippen molar-refractivity contribution < 1.29 is 19.1 Å². The van der Waals surface area contributed by atoms with Crippen LogP contribution in [0.4, 0.5) is 5.69 Å². The minimum atomic E-state index is -0.588. The molecule has 7 nitrogen and oxygen atoms in total. The van der Waals surface area contributed by atoms with Crippen LogP contribution in [0.3, 0.4) is 0 Å². The fourth-order valence-corrected chi connectivity index (χ4v) is 2.69. The number of rotatable bonds is 6. The molecule has 1 heterocycles. The molecule has 0 radical (unpaired) electrons. The summed E-state index contributed by atoms with van der Waals surface area (Å²) in [6, 6.07) is 12.3. The van der Waals surface area contributed by atoms with E-state index in [1.807, 2.05) is 32.0 Å². The van der Waals surface area contributed by atoms with Gasteiger partial charge in [0.25, 0.3) is 5.91 Å². The number of nitrogens with one attached hydrogen (secondary N) is 2. The lowest BCUT2D eigenvalue weighted by molar-refractivity contribution is -0.115. The molecular formula is C19H21N3O4. The Morgan fingerprint density at radius 2 is 1.85 bits per heavy atom. The van der Waals surface area contributed by atoms with E-state index in [9.17, 15) is 9.59 Å². The summed E-state index contributed by atoms with van der Waals surface area (Å²) in [6.45, 7) is 4.22. The number of anilines is 1. The fraction of sp³-hybridized carbons (Fsp3) is 0.263. The van der Waals surface area contributed by atoms with E-state index in [1.165, 1.54) is 0 Å². The summed E-state index contributed by atoms with van der Waals surface area (Å²) in [4.78, 5) is 23.7. The van der Waals surface area contributed by atoms with Crippen LogP contribution < -0.4 is 25.8 Å². The van der Waals surface area contributed by atoms with E-state index in [0.29, 0.717) is 17.2 Å². The summed E-state index contributed by atoms with van der Waals surface area (Å²) >= 11 is 0. The summed E-state index contributed by atoms with van der Waals surface area (Å²) in [7, 11) is 0. The molecule has 0 saturated heterocycles. The Morgan fingerprint density at radius 3 is 2.62 bits per heavy atom. The Morgan fingerprint density at radius 1 is 1.12 bits per heavy atom. The van der Waals surface area contributed by atoms with Gasteiger partial charge in [0.1, 0.15) is 0 Å². The third kappa shape index (κ3) is 3.78. The number of benzene rings is 2. The summed E-state index contributed by atoms with van der Waals surface area (Å²) < 4.78 is 10.7. The van der Waals surface area contributed by atoms with Crippen molar-refractivity contribution in [2.75, 3.05) is 18.7 Å². The molecule has 136 valence electrons. The molecule has 2 aromatic carbocycles. The summed E-state index contributed by atoms with van der Waals surface area (Å²) in [6.07, 6.45) is 0. The quantitative estimate of drug-likeness (QED) is 0.735. The van der Waals surface area contributed by atoms with Crippen LogP contribution >= 0.6 is 0 Å². The molecule has 26 heavy (non-hydrogen) atoms. The Hall–Kier alpha value is -3.06. The van der Waals surface area contributed by atoms with Crippen molar-refractivity contribution in [3.8, 4) is 11.5 Å². The first-order valence-corrected chi connectivity index (χ1v) is 8.21. The van der Waals surface area contributed by atoms with Crippen LogP contribution in [0.5, 0.6) is 11.5 Å². The predicted octanol–water partition coefficient (Wildman–Crippen LogP) is 1.98. The van der Waals surface area contributed by atoms with E-state index in [-0.39, 0.29) is 24.8 Å². The van der Waals surface area contributed by atoms with E-state index in [4.69, 9.17) is 15.2 Å². The van der Waals surface area contributed by atoms with Gasteiger partial charge in [-0.25, -0.2) is 0 Å². The van der Waals surface area contributed by atoms with Gasteiger partial charge in [-0.05, 0) is 43.7 Å². The van der Waals surface area contributed by atoms with Crippen LogP contribution in [0.1, 0.15) is 29.8 Å². The van der Waals surface area contributed by atoms with Crippen molar-refractivity contribution in [2.24, 2.45) is 5.73 Å². The molecule has 2 amide bonds. The molecule has 0 fully saturated rings. The summed E-state index contributed by atoms with van der Waals surface area (Å²) in [5.41, 5.74) is 6.49. The van der Waals surface area contributed by atoms with E-state index in [1.54, 1.807) is 24.3 Å². The second-order valence-corrected chi connectivity index (χ2v) is 6.50. The highest BCUT2D eigenvalue weighted by Crippen LogP contribution is 2.35. The highest BCUT2D eigenvalue weighted by Gasteiger charge is 2.24. The van der Waals surface area contributed by atoms with E-state index >= 15 is 0 Å². The predicted molar refractivity (Wildman–Crippen MR) is 97.2 cm³/mol. The van der Waals surface area contributed by atoms with Crippen molar-refractivity contribution in [3.05, 3.63) is 53.6 Å². The normalized spacial score (nSPS) is 12.7. The van der Waals surface area contributed by atoms with Gasteiger partial charge in [-0.2, -0.15) is 0 Å². The molecule has 1 aliphatic heterocycles. The van der Waals surface area contributed by atoms with Gasteiger partial charge in [0, 0.05) is 5.54 Å². The first-order chi connectivity index (χ1) is 12.4. The second-order valence-electron chi connectivity index (χ2n) is 6.50. The second kappa shape index (κ2) is 7.05. The lowest BCUT2D eigenvalue weighted by atomic mass is 9.94. The van der Waals surface area contributed by atoms with Gasteiger partial charge >= 0.3 is 0 Å². The molecule has 4 N–H and O–H groups in total. The number of hydrogen-bond acceptors (Lipinski definition) is 5. The van der Waals surface area contributed by atoms with Gasteiger partial charge in [0.2, 0.25) is 12.7 Å². The number of fused-ring (bicyclic) bond motifs is 1. The number of nitrogens with two attached hydrogens (primary N) is 1. The molecule has 0 atom stereocenters. The minimum absolute atomic E-state index is 0.0640. The number of amides is 2. The fourth-order valence-electron chi connectivity index (χ4n) is 2.69. The highest BCUT2D eigenvalue weighted by molar-refractivity contribution is 6.03. The number of ether oxygens (including phenoxy) is 2. The van der Waals surface area contributed by atoms with Crippen LogP contribution in [-0.4, -0.2) is 25.2 Å². The van der Waals surface area contributed by atoms with Crippen molar-refractivity contribution in [2.45, 2.75) is 19.4 Å². The maximum atomic E-state index is 12.3. The lowest BCUT2D eigenvalue weighted by Crippen LogP contribution is -2.41. The topological polar surface area (TPSA) is 103 Å². The zero-order valence-electron chi connectivity index (χ0n) is 14.7. The lowest BCUT2D eigenvalue weighted by Gasteiger charge is -2.27. The summed E-state index contributed by atoms with van der Waals surface area (Å²) in [5, 5.41) is 5.92. The third-order valence-electron chi connectivity index (χ3n) is 4.25. The van der Waals surface area contributed by atoms with Gasteiger partial charge in [-0.1, -0.05) is 18.2 Å². The average molecular weight is 355 g/mol. The SMILES string of the molecule is CC(C)(NCC(=O)Nc1ccccc1C(N)=O)c1ccc2c(c1)OCO2.